The Morgan fingerprint density at radius 3 is 2.64 bits per heavy atom. The van der Waals surface area contributed by atoms with Gasteiger partial charge in [0.2, 0.25) is 0 Å². The zero-order valence-corrected chi connectivity index (χ0v) is 14.3. The zero-order chi connectivity index (χ0) is 17.1. The van der Waals surface area contributed by atoms with Crippen LogP contribution in [0.3, 0.4) is 0 Å². The fraction of sp³-hybridized carbons (Fsp3) is 0.500. The molecule has 2 aromatic heterocycles. The number of aromatic nitrogens is 3. The predicted octanol–water partition coefficient (Wildman–Crippen LogP) is 1.60. The summed E-state index contributed by atoms with van der Waals surface area (Å²) in [5.74, 6) is 0.553. The Morgan fingerprint density at radius 1 is 1.20 bits per heavy atom. The predicted molar refractivity (Wildman–Crippen MR) is 96.6 cm³/mol. The molecule has 1 amide bonds. The Bertz CT molecular complexity index is 700. The van der Waals surface area contributed by atoms with Gasteiger partial charge in [0.15, 0.2) is 0 Å². The Balaban J connectivity index is 1.51. The van der Waals surface area contributed by atoms with E-state index in [9.17, 15) is 4.79 Å². The average molecular weight is 340 g/mol. The monoisotopic (exact) mass is 340 g/mol. The van der Waals surface area contributed by atoms with E-state index < -0.39 is 5.54 Å². The molecule has 0 saturated carbocycles. The summed E-state index contributed by atoms with van der Waals surface area (Å²) in [6.07, 6.45) is 9.34. The summed E-state index contributed by atoms with van der Waals surface area (Å²) in [5, 5.41) is 10.7. The first-order valence-electron chi connectivity index (χ1n) is 9.01. The summed E-state index contributed by atoms with van der Waals surface area (Å²) in [7, 11) is 0. The highest BCUT2D eigenvalue weighted by Gasteiger charge is 2.42. The highest BCUT2D eigenvalue weighted by atomic mass is 16.2. The molecule has 0 aliphatic carbocycles. The number of rotatable bonds is 4. The minimum atomic E-state index is -0.649. The number of nitrogens with zero attached hydrogens (tertiary/aromatic N) is 4. The van der Waals surface area contributed by atoms with Crippen LogP contribution in [0.15, 0.2) is 36.8 Å². The number of piperidine rings is 1. The average Bonchev–Trinajstić information content (AvgIpc) is 3.37. The number of carbonyl (C=O) groups excluding carboxylic acids is 1. The minimum absolute atomic E-state index is 0.0425. The summed E-state index contributed by atoms with van der Waals surface area (Å²) < 4.78 is 1.79. The van der Waals surface area contributed by atoms with Gasteiger partial charge in [-0.1, -0.05) is 0 Å². The van der Waals surface area contributed by atoms with Crippen LogP contribution in [-0.4, -0.2) is 46.9 Å². The lowest BCUT2D eigenvalue weighted by Crippen LogP contribution is -2.52. The molecular weight excluding hydrogens is 316 g/mol. The maximum atomic E-state index is 13.1. The van der Waals surface area contributed by atoms with Crippen molar-refractivity contribution in [1.29, 1.82) is 0 Å². The van der Waals surface area contributed by atoms with Crippen molar-refractivity contribution < 1.29 is 4.79 Å². The first kappa shape index (κ1) is 16.1. The second-order valence-electron chi connectivity index (χ2n) is 6.78. The Morgan fingerprint density at radius 2 is 2.00 bits per heavy atom. The van der Waals surface area contributed by atoms with Crippen molar-refractivity contribution in [1.82, 2.24) is 20.1 Å². The lowest BCUT2D eigenvalue weighted by molar-refractivity contribution is -0.126. The van der Waals surface area contributed by atoms with Crippen molar-refractivity contribution in [2.45, 2.75) is 31.2 Å². The molecule has 0 unspecified atom stereocenters. The number of pyridine rings is 1. The molecule has 2 aromatic rings. The van der Waals surface area contributed by atoms with E-state index in [0.29, 0.717) is 18.7 Å². The molecule has 4 heterocycles. The molecule has 7 heteroatoms. The molecule has 132 valence electrons. The van der Waals surface area contributed by atoms with Crippen LogP contribution >= 0.6 is 0 Å². The zero-order valence-electron chi connectivity index (χ0n) is 14.3. The molecule has 0 bridgehead atoms. The van der Waals surface area contributed by atoms with Crippen LogP contribution in [-0.2, 0) is 10.3 Å². The highest BCUT2D eigenvalue weighted by Crippen LogP contribution is 2.29. The molecule has 0 radical (unpaired) electrons. The normalized spacial score (nSPS) is 19.8. The van der Waals surface area contributed by atoms with Crippen LogP contribution in [0.25, 0.3) is 0 Å². The van der Waals surface area contributed by atoms with E-state index in [1.807, 2.05) is 30.6 Å². The maximum Gasteiger partial charge on any atom is 0.253 e. The number of amides is 1. The van der Waals surface area contributed by atoms with Crippen LogP contribution in [0.2, 0.25) is 0 Å². The molecule has 2 aliphatic heterocycles. The van der Waals surface area contributed by atoms with Crippen LogP contribution in [0.4, 0.5) is 11.5 Å². The summed E-state index contributed by atoms with van der Waals surface area (Å²) in [6, 6.07) is 5.79. The van der Waals surface area contributed by atoms with Gasteiger partial charge in [-0.25, -0.2) is 4.98 Å². The van der Waals surface area contributed by atoms with Crippen molar-refractivity contribution in [3.8, 4) is 0 Å². The van der Waals surface area contributed by atoms with Gasteiger partial charge in [0.05, 0.1) is 11.9 Å². The van der Waals surface area contributed by atoms with E-state index in [2.05, 4.69) is 25.6 Å². The van der Waals surface area contributed by atoms with E-state index in [1.54, 1.807) is 10.9 Å². The van der Waals surface area contributed by atoms with E-state index in [1.165, 1.54) is 12.8 Å². The van der Waals surface area contributed by atoms with Crippen molar-refractivity contribution in [2.75, 3.05) is 36.4 Å². The molecule has 4 rings (SSSR count). The van der Waals surface area contributed by atoms with Gasteiger partial charge < -0.3 is 15.5 Å². The first-order chi connectivity index (χ1) is 12.3. The Labute approximate surface area is 147 Å². The largest absolute Gasteiger partial charge is 0.370 e. The van der Waals surface area contributed by atoms with Gasteiger partial charge in [0, 0.05) is 25.5 Å². The summed E-state index contributed by atoms with van der Waals surface area (Å²) in [6.45, 7) is 3.77. The third-order valence-electron chi connectivity index (χ3n) is 5.26. The lowest BCUT2D eigenvalue weighted by atomic mass is 9.87. The molecule has 2 saturated heterocycles. The topological polar surface area (TPSA) is 75.1 Å². The minimum Gasteiger partial charge on any atom is -0.370 e. The Kier molecular flexibility index (Phi) is 4.40. The summed E-state index contributed by atoms with van der Waals surface area (Å²) in [5.41, 5.74) is 0.475. The van der Waals surface area contributed by atoms with Gasteiger partial charge in [-0.15, -0.1) is 0 Å². The van der Waals surface area contributed by atoms with Crippen LogP contribution in [0, 0.1) is 0 Å². The molecule has 25 heavy (non-hydrogen) atoms. The lowest BCUT2D eigenvalue weighted by Gasteiger charge is -2.36. The molecule has 0 aromatic carbocycles. The van der Waals surface area contributed by atoms with Gasteiger partial charge in [0.1, 0.15) is 11.4 Å². The standard InChI is InChI=1S/C18H24N6O/c25-17(18(6-9-19-10-7-18)24-13-3-8-21-24)22-16-5-4-15(14-20-16)23-11-1-2-12-23/h3-5,8,13-14,19H,1-2,6-7,9-12H2,(H,20,22,25). The molecule has 7 nitrogen and oxygen atoms in total. The molecule has 2 aliphatic rings. The van der Waals surface area contributed by atoms with E-state index in [-0.39, 0.29) is 5.91 Å². The smallest absolute Gasteiger partial charge is 0.253 e. The molecule has 0 spiro atoms. The van der Waals surface area contributed by atoms with Gasteiger partial charge in [-0.05, 0) is 57.0 Å². The molecule has 2 fully saturated rings. The third-order valence-corrected chi connectivity index (χ3v) is 5.26. The second kappa shape index (κ2) is 6.84. The SMILES string of the molecule is O=C(Nc1ccc(N2CCCC2)cn1)C1(n2cccn2)CCNCC1. The van der Waals surface area contributed by atoms with Crippen LogP contribution in [0.1, 0.15) is 25.7 Å². The number of hydrogen-bond acceptors (Lipinski definition) is 5. The first-order valence-corrected chi connectivity index (χ1v) is 9.01. The fourth-order valence-corrected chi connectivity index (χ4v) is 3.78. The van der Waals surface area contributed by atoms with Crippen LogP contribution in [0.5, 0.6) is 0 Å². The number of carbonyl (C=O) groups is 1. The molecular formula is C18H24N6O. The fourth-order valence-electron chi connectivity index (χ4n) is 3.78. The van der Waals surface area contributed by atoms with Crippen molar-refractivity contribution >= 4 is 17.4 Å². The highest BCUT2D eigenvalue weighted by molar-refractivity contribution is 5.96. The van der Waals surface area contributed by atoms with Crippen molar-refractivity contribution in [3.63, 3.8) is 0 Å². The number of anilines is 2. The van der Waals surface area contributed by atoms with E-state index >= 15 is 0 Å². The maximum absolute atomic E-state index is 13.1. The second-order valence-corrected chi connectivity index (χ2v) is 6.78. The van der Waals surface area contributed by atoms with Crippen LogP contribution < -0.4 is 15.5 Å². The quantitative estimate of drug-likeness (QED) is 0.884. The third kappa shape index (κ3) is 3.11. The van der Waals surface area contributed by atoms with E-state index in [4.69, 9.17) is 0 Å². The van der Waals surface area contributed by atoms with Crippen molar-refractivity contribution in [2.24, 2.45) is 0 Å². The van der Waals surface area contributed by atoms with Gasteiger partial charge >= 0.3 is 0 Å². The van der Waals surface area contributed by atoms with Gasteiger partial charge in [-0.2, -0.15) is 5.10 Å². The molecule has 2 N–H and O–H groups in total. The number of hydrogen-bond donors (Lipinski definition) is 2. The van der Waals surface area contributed by atoms with E-state index in [0.717, 1.165) is 31.9 Å². The van der Waals surface area contributed by atoms with Gasteiger partial charge in [0.25, 0.3) is 5.91 Å². The number of nitrogens with one attached hydrogen (secondary N) is 2. The summed E-state index contributed by atoms with van der Waals surface area (Å²) in [4.78, 5) is 19.9. The van der Waals surface area contributed by atoms with Gasteiger partial charge in [-0.3, -0.25) is 9.48 Å². The van der Waals surface area contributed by atoms with Crippen molar-refractivity contribution in [3.05, 3.63) is 36.8 Å². The Hall–Kier alpha value is -2.41. The summed E-state index contributed by atoms with van der Waals surface area (Å²) >= 11 is 0. The molecule has 0 atom stereocenters.